The molecular formula is C39H60O2P+. The quantitative estimate of drug-likeness (QED) is 0.160. The summed E-state index contributed by atoms with van der Waals surface area (Å²) in [6.07, 6.45) is 23.5. The molecule has 2 fully saturated rings. The Hall–Kier alpha value is -1.37. The number of aromatic hydroxyl groups is 1. The lowest BCUT2D eigenvalue weighted by Crippen LogP contribution is -2.47. The van der Waals surface area contributed by atoms with Crippen LogP contribution in [-0.2, 0) is 6.42 Å². The molecule has 0 amide bonds. The topological polar surface area (TPSA) is 40.5 Å². The van der Waals surface area contributed by atoms with Gasteiger partial charge in [-0.1, -0.05) is 83.1 Å². The smallest absolute Gasteiger partial charge is 0.115 e. The number of aliphatic hydroxyl groups excluding tert-OH is 1. The first-order chi connectivity index (χ1) is 20.4. The highest BCUT2D eigenvalue weighted by molar-refractivity contribution is 7.82. The molecule has 2 N–H and O–H groups in total. The average Bonchev–Trinajstić information content (AvgIpc) is 3.30. The third-order valence-corrected chi connectivity index (χ3v) is 16.3. The number of unbranched alkanes of at least 4 members (excludes halogenated alkanes) is 8. The molecule has 7 atom stereocenters. The molecule has 2 aromatic carbocycles. The Balaban J connectivity index is 1.05. The number of fused-ring (bicyclic) bond motifs is 5. The summed E-state index contributed by atoms with van der Waals surface area (Å²) in [6, 6.07) is 17.6. The zero-order chi connectivity index (χ0) is 29.6. The summed E-state index contributed by atoms with van der Waals surface area (Å²) in [5.74, 6) is 3.12. The fourth-order valence-electron chi connectivity index (χ4n) is 9.62. The molecule has 2 saturated carbocycles. The van der Waals surface area contributed by atoms with Crippen LogP contribution in [0.4, 0.5) is 0 Å². The molecule has 42 heavy (non-hydrogen) atoms. The van der Waals surface area contributed by atoms with Crippen molar-refractivity contribution < 1.29 is 10.2 Å². The fourth-order valence-corrected chi connectivity index (χ4v) is 13.2. The van der Waals surface area contributed by atoms with Gasteiger partial charge < -0.3 is 10.2 Å². The van der Waals surface area contributed by atoms with Gasteiger partial charge in [0.25, 0.3) is 0 Å². The van der Waals surface area contributed by atoms with Gasteiger partial charge >= 0.3 is 0 Å². The number of phenols is 1. The monoisotopic (exact) mass is 591 g/mol. The van der Waals surface area contributed by atoms with E-state index in [0.717, 1.165) is 19.3 Å². The first kappa shape index (κ1) is 32.0. The standard InChI is InChI=1S/C39H59O2P/c1-4-5-26-42(3,33-18-14-12-15-19-33)27-16-11-9-7-6-8-10-13-17-30-28-31-29-32(40)20-21-34(31)35-24-25-39(2)36(38(30)35)22-23-37(39)41/h12,14-15,18-21,29-30,35-38,41H,4-11,13,16-17,22-28H2,1-3H3/p+1/t30?,35?,36?,37-,38?,39-,42?/m0/s1. The minimum atomic E-state index is -0.999. The Kier molecular flexibility index (Phi) is 11.1. The van der Waals surface area contributed by atoms with Gasteiger partial charge in [-0.25, -0.2) is 0 Å². The summed E-state index contributed by atoms with van der Waals surface area (Å²) in [7, 11) is -0.999. The largest absolute Gasteiger partial charge is 0.508 e. The molecule has 0 heterocycles. The van der Waals surface area contributed by atoms with E-state index in [1.807, 2.05) is 6.07 Å². The summed E-state index contributed by atoms with van der Waals surface area (Å²) in [5.41, 5.74) is 3.03. The molecule has 0 aromatic heterocycles. The number of phenolic OH excluding ortho intramolecular Hbond substituents is 1. The summed E-state index contributed by atoms with van der Waals surface area (Å²) in [6.45, 7) is 7.33. The number of hydrogen-bond acceptors (Lipinski definition) is 2. The Morgan fingerprint density at radius 2 is 1.52 bits per heavy atom. The van der Waals surface area contributed by atoms with Crippen LogP contribution in [0.3, 0.4) is 0 Å². The molecule has 0 aliphatic heterocycles. The fraction of sp³-hybridized carbons (Fsp3) is 0.692. The molecule has 232 valence electrons. The molecule has 5 rings (SSSR count). The zero-order valence-corrected chi connectivity index (χ0v) is 28.0. The van der Waals surface area contributed by atoms with Crippen LogP contribution in [0.1, 0.15) is 127 Å². The number of benzene rings is 2. The molecule has 5 unspecified atom stereocenters. The van der Waals surface area contributed by atoms with E-state index in [1.165, 1.54) is 107 Å². The van der Waals surface area contributed by atoms with Gasteiger partial charge in [0.15, 0.2) is 0 Å². The maximum Gasteiger partial charge on any atom is 0.115 e. The van der Waals surface area contributed by atoms with Crippen LogP contribution in [0.2, 0.25) is 0 Å². The van der Waals surface area contributed by atoms with Gasteiger partial charge in [-0.05, 0) is 122 Å². The zero-order valence-electron chi connectivity index (χ0n) is 27.1. The van der Waals surface area contributed by atoms with Crippen molar-refractivity contribution in [1.82, 2.24) is 0 Å². The van der Waals surface area contributed by atoms with Gasteiger partial charge in [-0.2, -0.15) is 0 Å². The van der Waals surface area contributed by atoms with E-state index >= 15 is 0 Å². The van der Waals surface area contributed by atoms with E-state index in [0.29, 0.717) is 29.4 Å². The first-order valence-electron chi connectivity index (χ1n) is 17.8. The highest BCUT2D eigenvalue weighted by Gasteiger charge is 2.56. The molecule has 0 bridgehead atoms. The lowest BCUT2D eigenvalue weighted by molar-refractivity contribution is -0.0396. The van der Waals surface area contributed by atoms with E-state index in [4.69, 9.17) is 0 Å². The lowest BCUT2D eigenvalue weighted by Gasteiger charge is -2.53. The molecule has 0 radical (unpaired) electrons. The van der Waals surface area contributed by atoms with E-state index in [9.17, 15) is 10.2 Å². The van der Waals surface area contributed by atoms with Crippen LogP contribution in [0.15, 0.2) is 48.5 Å². The lowest BCUT2D eigenvalue weighted by atomic mass is 9.52. The Morgan fingerprint density at radius 1 is 0.833 bits per heavy atom. The third kappa shape index (κ3) is 7.12. The summed E-state index contributed by atoms with van der Waals surface area (Å²) in [5, 5.41) is 22.8. The Bertz CT molecular complexity index is 1120. The second-order valence-corrected chi connectivity index (χ2v) is 19.1. The van der Waals surface area contributed by atoms with Crippen LogP contribution >= 0.6 is 7.26 Å². The maximum atomic E-state index is 10.9. The van der Waals surface area contributed by atoms with Crippen molar-refractivity contribution in [2.75, 3.05) is 19.0 Å². The molecular weight excluding hydrogens is 531 g/mol. The van der Waals surface area contributed by atoms with Gasteiger partial charge in [0.2, 0.25) is 0 Å². The number of hydrogen-bond donors (Lipinski definition) is 2. The minimum Gasteiger partial charge on any atom is -0.508 e. The summed E-state index contributed by atoms with van der Waals surface area (Å²) >= 11 is 0. The molecule has 2 nitrogen and oxygen atoms in total. The third-order valence-electron chi connectivity index (χ3n) is 12.2. The Morgan fingerprint density at radius 3 is 2.26 bits per heavy atom. The van der Waals surface area contributed by atoms with Crippen molar-refractivity contribution in [3.63, 3.8) is 0 Å². The average molecular weight is 592 g/mol. The number of aliphatic hydroxyl groups is 1. The van der Waals surface area contributed by atoms with Crippen molar-refractivity contribution in [2.24, 2.45) is 23.2 Å². The normalized spacial score (nSPS) is 29.9. The van der Waals surface area contributed by atoms with Gasteiger partial charge in [0.1, 0.15) is 5.75 Å². The van der Waals surface area contributed by atoms with E-state index in [1.54, 1.807) is 5.30 Å². The molecule has 3 heteroatoms. The predicted octanol–water partition coefficient (Wildman–Crippen LogP) is 10.1. The SMILES string of the molecule is CCCC[P+](C)(CCCCCCCCCCC1Cc2cc(O)ccc2C2CC[C@@]3(C)C(CC[C@@H]3O)C12)c1ccccc1. The van der Waals surface area contributed by atoms with Gasteiger partial charge in [0.05, 0.1) is 30.4 Å². The van der Waals surface area contributed by atoms with Crippen LogP contribution < -0.4 is 5.30 Å². The van der Waals surface area contributed by atoms with Crippen LogP contribution in [0.25, 0.3) is 0 Å². The van der Waals surface area contributed by atoms with Crippen LogP contribution in [-0.4, -0.2) is 35.3 Å². The summed E-state index contributed by atoms with van der Waals surface area (Å²) < 4.78 is 0. The maximum absolute atomic E-state index is 10.9. The van der Waals surface area contributed by atoms with Crippen molar-refractivity contribution in [3.8, 4) is 5.75 Å². The molecule has 3 aliphatic rings. The molecule has 0 spiro atoms. The minimum absolute atomic E-state index is 0.115. The second kappa shape index (κ2) is 14.6. The molecule has 2 aromatic rings. The van der Waals surface area contributed by atoms with Crippen LogP contribution in [0.5, 0.6) is 5.75 Å². The van der Waals surface area contributed by atoms with Gasteiger partial charge in [-0.3, -0.25) is 0 Å². The van der Waals surface area contributed by atoms with E-state index in [2.05, 4.69) is 63.0 Å². The summed E-state index contributed by atoms with van der Waals surface area (Å²) in [4.78, 5) is 0. The van der Waals surface area contributed by atoms with Crippen molar-refractivity contribution in [2.45, 2.75) is 129 Å². The van der Waals surface area contributed by atoms with E-state index in [-0.39, 0.29) is 11.5 Å². The first-order valence-corrected chi connectivity index (χ1v) is 20.4. The predicted molar refractivity (Wildman–Crippen MR) is 183 cm³/mol. The van der Waals surface area contributed by atoms with Gasteiger partial charge in [0, 0.05) is 7.26 Å². The van der Waals surface area contributed by atoms with E-state index < -0.39 is 7.26 Å². The number of rotatable bonds is 15. The Labute approximate surface area is 258 Å². The molecule has 3 aliphatic carbocycles. The molecule has 0 saturated heterocycles. The van der Waals surface area contributed by atoms with Crippen molar-refractivity contribution in [1.29, 1.82) is 0 Å². The van der Waals surface area contributed by atoms with Crippen molar-refractivity contribution in [3.05, 3.63) is 59.7 Å². The van der Waals surface area contributed by atoms with Gasteiger partial charge in [-0.15, -0.1) is 0 Å². The highest BCUT2D eigenvalue weighted by Crippen LogP contribution is 2.63. The van der Waals surface area contributed by atoms with Crippen molar-refractivity contribution >= 4 is 12.6 Å². The van der Waals surface area contributed by atoms with Crippen LogP contribution in [0, 0.1) is 23.2 Å². The second-order valence-electron chi connectivity index (χ2n) is 14.9. The highest BCUT2D eigenvalue weighted by atomic mass is 31.2.